The lowest BCUT2D eigenvalue weighted by Crippen LogP contribution is -2.43. The van der Waals surface area contributed by atoms with Crippen LogP contribution in [0, 0.1) is 0 Å². The molecule has 0 bridgehead atoms. The molecule has 1 aromatic rings. The maximum absolute atomic E-state index is 11.9. The molecule has 1 heterocycles. The van der Waals surface area contributed by atoms with E-state index in [1.165, 1.54) is 19.3 Å². The Morgan fingerprint density at radius 3 is 2.68 bits per heavy atom. The Kier molecular flexibility index (Phi) is 5.03. The molecule has 0 saturated heterocycles. The number of hydrogen-bond acceptors (Lipinski definition) is 3. The van der Waals surface area contributed by atoms with Crippen LogP contribution in [0.15, 0.2) is 18.2 Å². The first-order chi connectivity index (χ1) is 10.8. The normalized spacial score (nSPS) is 17.8. The summed E-state index contributed by atoms with van der Waals surface area (Å²) in [6.45, 7) is 1.83. The third-order valence-corrected chi connectivity index (χ3v) is 4.25. The quantitative estimate of drug-likeness (QED) is 0.899. The summed E-state index contributed by atoms with van der Waals surface area (Å²) in [6.07, 6.45) is 6.74. The summed E-state index contributed by atoms with van der Waals surface area (Å²) in [5.41, 5.74) is 1.14. The number of urea groups is 1. The Morgan fingerprint density at radius 1 is 1.09 bits per heavy atom. The number of benzene rings is 1. The van der Waals surface area contributed by atoms with E-state index in [0.717, 1.165) is 36.3 Å². The molecule has 0 unspecified atom stereocenters. The van der Waals surface area contributed by atoms with Gasteiger partial charge in [-0.1, -0.05) is 25.3 Å². The summed E-state index contributed by atoms with van der Waals surface area (Å²) in [5.74, 6) is 1.61. The molecule has 0 spiro atoms. The van der Waals surface area contributed by atoms with Crippen LogP contribution in [0.5, 0.6) is 11.5 Å². The zero-order chi connectivity index (χ0) is 15.2. The first-order valence-electron chi connectivity index (χ1n) is 8.24. The van der Waals surface area contributed by atoms with Crippen molar-refractivity contribution in [1.82, 2.24) is 10.6 Å². The van der Waals surface area contributed by atoms with Gasteiger partial charge in [0.1, 0.15) is 13.2 Å². The lowest BCUT2D eigenvalue weighted by molar-refractivity contribution is 0.171. The Morgan fingerprint density at radius 2 is 1.86 bits per heavy atom. The molecule has 3 rings (SSSR count). The molecule has 22 heavy (non-hydrogen) atoms. The molecule has 120 valence electrons. The second kappa shape index (κ2) is 7.38. The SMILES string of the molecule is O=C(NCCc1ccc2c(c1)OCCO2)NC1CCCCC1. The van der Waals surface area contributed by atoms with Crippen molar-refractivity contribution in [3.05, 3.63) is 23.8 Å². The van der Waals surface area contributed by atoms with Crippen molar-refractivity contribution in [2.24, 2.45) is 0 Å². The minimum Gasteiger partial charge on any atom is -0.486 e. The lowest BCUT2D eigenvalue weighted by atomic mass is 9.96. The summed E-state index contributed by atoms with van der Waals surface area (Å²) >= 11 is 0. The van der Waals surface area contributed by atoms with Gasteiger partial charge in [-0.05, 0) is 37.0 Å². The molecule has 2 amide bonds. The largest absolute Gasteiger partial charge is 0.486 e. The molecule has 1 aromatic carbocycles. The molecular weight excluding hydrogens is 280 g/mol. The van der Waals surface area contributed by atoms with Gasteiger partial charge < -0.3 is 20.1 Å². The molecule has 1 aliphatic carbocycles. The summed E-state index contributed by atoms with van der Waals surface area (Å²) in [5, 5.41) is 6.00. The highest BCUT2D eigenvalue weighted by atomic mass is 16.6. The number of hydrogen-bond donors (Lipinski definition) is 2. The van der Waals surface area contributed by atoms with Crippen molar-refractivity contribution in [3.63, 3.8) is 0 Å². The van der Waals surface area contributed by atoms with Gasteiger partial charge in [-0.2, -0.15) is 0 Å². The highest BCUT2D eigenvalue weighted by Crippen LogP contribution is 2.30. The zero-order valence-electron chi connectivity index (χ0n) is 12.9. The number of amides is 2. The zero-order valence-corrected chi connectivity index (χ0v) is 12.9. The smallest absolute Gasteiger partial charge is 0.315 e. The molecule has 5 heteroatoms. The van der Waals surface area contributed by atoms with Crippen molar-refractivity contribution in [3.8, 4) is 11.5 Å². The van der Waals surface area contributed by atoms with E-state index >= 15 is 0 Å². The van der Waals surface area contributed by atoms with Gasteiger partial charge in [0.2, 0.25) is 0 Å². The maximum atomic E-state index is 11.9. The number of carbonyl (C=O) groups excluding carboxylic acids is 1. The highest BCUT2D eigenvalue weighted by Gasteiger charge is 2.15. The Labute approximate surface area is 131 Å². The predicted molar refractivity (Wildman–Crippen MR) is 84.5 cm³/mol. The van der Waals surface area contributed by atoms with Gasteiger partial charge in [-0.3, -0.25) is 0 Å². The van der Waals surface area contributed by atoms with Gasteiger partial charge in [0.05, 0.1) is 0 Å². The van der Waals surface area contributed by atoms with Gasteiger partial charge in [0.25, 0.3) is 0 Å². The molecule has 0 radical (unpaired) electrons. The molecule has 1 fully saturated rings. The summed E-state index contributed by atoms with van der Waals surface area (Å²) < 4.78 is 11.1. The number of fused-ring (bicyclic) bond motifs is 1. The Hall–Kier alpha value is -1.91. The third kappa shape index (κ3) is 4.06. The molecular formula is C17H24N2O3. The van der Waals surface area contributed by atoms with Crippen molar-refractivity contribution in [1.29, 1.82) is 0 Å². The van der Waals surface area contributed by atoms with E-state index in [9.17, 15) is 4.79 Å². The first kappa shape index (κ1) is 15.0. The van der Waals surface area contributed by atoms with Crippen LogP contribution < -0.4 is 20.1 Å². The fourth-order valence-corrected chi connectivity index (χ4v) is 3.05. The molecule has 1 aliphatic heterocycles. The van der Waals surface area contributed by atoms with E-state index in [2.05, 4.69) is 10.6 Å². The number of nitrogens with one attached hydrogen (secondary N) is 2. The third-order valence-electron chi connectivity index (χ3n) is 4.25. The van der Waals surface area contributed by atoms with Crippen molar-refractivity contribution in [2.45, 2.75) is 44.6 Å². The number of rotatable bonds is 4. The summed E-state index contributed by atoms with van der Waals surface area (Å²) in [4.78, 5) is 11.9. The van der Waals surface area contributed by atoms with Crippen molar-refractivity contribution < 1.29 is 14.3 Å². The van der Waals surface area contributed by atoms with E-state index in [0.29, 0.717) is 25.8 Å². The van der Waals surface area contributed by atoms with Gasteiger partial charge in [-0.25, -0.2) is 4.79 Å². The van der Waals surface area contributed by atoms with E-state index in [4.69, 9.17) is 9.47 Å². The maximum Gasteiger partial charge on any atom is 0.315 e. The van der Waals surface area contributed by atoms with Crippen LogP contribution in [0.1, 0.15) is 37.7 Å². The standard InChI is InChI=1S/C17H24N2O3/c20-17(19-14-4-2-1-3-5-14)18-9-8-13-6-7-15-16(12-13)22-11-10-21-15/h6-7,12,14H,1-5,8-11H2,(H2,18,19,20). The fourth-order valence-electron chi connectivity index (χ4n) is 3.05. The van der Waals surface area contributed by atoms with Gasteiger partial charge in [0, 0.05) is 12.6 Å². The first-order valence-corrected chi connectivity index (χ1v) is 8.24. The van der Waals surface area contributed by atoms with Gasteiger partial charge in [-0.15, -0.1) is 0 Å². The molecule has 5 nitrogen and oxygen atoms in total. The van der Waals surface area contributed by atoms with Crippen LogP contribution in [0.2, 0.25) is 0 Å². The van der Waals surface area contributed by atoms with Crippen LogP contribution in [-0.4, -0.2) is 31.8 Å². The second-order valence-corrected chi connectivity index (χ2v) is 5.96. The Balaban J connectivity index is 1.41. The minimum absolute atomic E-state index is 0.0514. The fraction of sp³-hybridized carbons (Fsp3) is 0.588. The van der Waals surface area contributed by atoms with Crippen LogP contribution in [-0.2, 0) is 6.42 Å². The molecule has 2 aliphatic rings. The van der Waals surface area contributed by atoms with Crippen LogP contribution in [0.4, 0.5) is 4.79 Å². The van der Waals surface area contributed by atoms with Crippen molar-refractivity contribution >= 4 is 6.03 Å². The number of ether oxygens (including phenoxy) is 2. The van der Waals surface area contributed by atoms with E-state index < -0.39 is 0 Å². The summed E-state index contributed by atoms with van der Waals surface area (Å²) in [7, 11) is 0. The van der Waals surface area contributed by atoms with Crippen LogP contribution in [0.3, 0.4) is 0 Å². The van der Waals surface area contributed by atoms with Gasteiger partial charge in [0.15, 0.2) is 11.5 Å². The highest BCUT2D eigenvalue weighted by molar-refractivity contribution is 5.74. The molecule has 1 saturated carbocycles. The topological polar surface area (TPSA) is 59.6 Å². The average Bonchev–Trinajstić information content (AvgIpc) is 2.55. The van der Waals surface area contributed by atoms with E-state index in [1.807, 2.05) is 18.2 Å². The van der Waals surface area contributed by atoms with E-state index in [1.54, 1.807) is 0 Å². The molecule has 0 aromatic heterocycles. The van der Waals surface area contributed by atoms with Crippen LogP contribution >= 0.6 is 0 Å². The van der Waals surface area contributed by atoms with Gasteiger partial charge >= 0.3 is 6.03 Å². The van der Waals surface area contributed by atoms with Crippen molar-refractivity contribution in [2.75, 3.05) is 19.8 Å². The monoisotopic (exact) mass is 304 g/mol. The average molecular weight is 304 g/mol. The minimum atomic E-state index is -0.0514. The number of carbonyl (C=O) groups is 1. The molecule has 2 N–H and O–H groups in total. The predicted octanol–water partition coefficient (Wildman–Crippen LogP) is 2.63. The van der Waals surface area contributed by atoms with E-state index in [-0.39, 0.29) is 6.03 Å². The second-order valence-electron chi connectivity index (χ2n) is 5.96. The summed E-state index contributed by atoms with van der Waals surface area (Å²) in [6, 6.07) is 6.25. The van der Waals surface area contributed by atoms with Crippen LogP contribution in [0.25, 0.3) is 0 Å². The lowest BCUT2D eigenvalue weighted by Gasteiger charge is -2.23. The Bertz CT molecular complexity index is 513. The molecule has 0 atom stereocenters.